The predicted molar refractivity (Wildman–Crippen MR) is 129 cm³/mol. The average Bonchev–Trinajstić information content (AvgIpc) is 2.58. The Balaban J connectivity index is 3.32. The van der Waals surface area contributed by atoms with Crippen LogP contribution in [0.2, 0.25) is 0 Å². The lowest BCUT2D eigenvalue weighted by Crippen LogP contribution is -2.61. The molecule has 1 aliphatic carbocycles. The third-order valence-corrected chi connectivity index (χ3v) is 5.54. The number of aliphatic imine (C=N–C) groups is 1. The van der Waals surface area contributed by atoms with Crippen LogP contribution < -0.4 is 16.0 Å². The molecule has 0 radical (unpaired) electrons. The minimum absolute atomic E-state index is 0.0499. The SMILES string of the molecule is CCC(CC)CC(N=C(NC(=O)OC(C)(C)C)NC(=O)OC(C)(C)C)C1(NC(C)=O)CCC1. The Hall–Kier alpha value is -2.32. The number of alkyl carbamates (subject to hydrolysis) is 2. The summed E-state index contributed by atoms with van der Waals surface area (Å²) in [5.41, 5.74) is -1.95. The van der Waals surface area contributed by atoms with Gasteiger partial charge in [0.1, 0.15) is 11.2 Å². The highest BCUT2D eigenvalue weighted by atomic mass is 16.6. The molecule has 0 aromatic rings. The highest BCUT2D eigenvalue weighted by Crippen LogP contribution is 2.39. The molecule has 1 atom stereocenters. The maximum Gasteiger partial charge on any atom is 0.414 e. The molecule has 33 heavy (non-hydrogen) atoms. The van der Waals surface area contributed by atoms with Crippen LogP contribution in [-0.2, 0) is 14.3 Å². The molecule has 0 heterocycles. The summed E-state index contributed by atoms with van der Waals surface area (Å²) in [6.07, 6.45) is 3.72. The Bertz CT molecular complexity index is 681. The molecule has 0 saturated heterocycles. The first-order valence-electron chi connectivity index (χ1n) is 12.0. The van der Waals surface area contributed by atoms with Crippen LogP contribution in [-0.4, -0.2) is 46.8 Å². The minimum Gasteiger partial charge on any atom is -0.444 e. The molecule has 0 spiro atoms. The Kier molecular flexibility index (Phi) is 10.2. The van der Waals surface area contributed by atoms with Crippen molar-refractivity contribution in [3.8, 4) is 0 Å². The van der Waals surface area contributed by atoms with Crippen LogP contribution in [0, 0.1) is 5.92 Å². The summed E-state index contributed by atoms with van der Waals surface area (Å²) >= 11 is 0. The molecule has 9 nitrogen and oxygen atoms in total. The van der Waals surface area contributed by atoms with Crippen molar-refractivity contribution in [2.24, 2.45) is 10.9 Å². The van der Waals surface area contributed by atoms with Gasteiger partial charge < -0.3 is 14.8 Å². The van der Waals surface area contributed by atoms with Crippen molar-refractivity contribution in [1.29, 1.82) is 0 Å². The molecule has 190 valence electrons. The number of carbonyl (C=O) groups excluding carboxylic acids is 3. The minimum atomic E-state index is -0.735. The second-order valence-corrected chi connectivity index (χ2v) is 10.9. The van der Waals surface area contributed by atoms with E-state index in [9.17, 15) is 14.4 Å². The van der Waals surface area contributed by atoms with Crippen LogP contribution in [0.3, 0.4) is 0 Å². The van der Waals surface area contributed by atoms with Crippen LogP contribution in [0.4, 0.5) is 9.59 Å². The fourth-order valence-electron chi connectivity index (χ4n) is 3.84. The van der Waals surface area contributed by atoms with Gasteiger partial charge in [-0.25, -0.2) is 14.6 Å². The van der Waals surface area contributed by atoms with E-state index in [1.807, 2.05) is 0 Å². The zero-order chi connectivity index (χ0) is 25.4. The molecule has 0 bridgehead atoms. The summed E-state index contributed by atoms with van der Waals surface area (Å²) in [6.45, 7) is 16.3. The predicted octanol–water partition coefficient (Wildman–Crippen LogP) is 4.65. The normalized spacial score (nSPS) is 16.2. The lowest BCUT2D eigenvalue weighted by molar-refractivity contribution is -0.122. The first kappa shape index (κ1) is 28.7. The third kappa shape index (κ3) is 10.4. The third-order valence-electron chi connectivity index (χ3n) is 5.54. The van der Waals surface area contributed by atoms with Gasteiger partial charge in [0.05, 0.1) is 11.6 Å². The van der Waals surface area contributed by atoms with E-state index in [2.05, 4.69) is 29.8 Å². The largest absolute Gasteiger partial charge is 0.444 e. The molecule has 0 aromatic heterocycles. The second-order valence-electron chi connectivity index (χ2n) is 10.9. The summed E-state index contributed by atoms with van der Waals surface area (Å²) in [6, 6.07) is -0.333. The molecule has 0 aliphatic heterocycles. The summed E-state index contributed by atoms with van der Waals surface area (Å²) in [7, 11) is 0. The number of guanidine groups is 1. The molecule has 1 unspecified atom stereocenters. The van der Waals surface area contributed by atoms with E-state index in [0.717, 1.165) is 32.1 Å². The van der Waals surface area contributed by atoms with Crippen molar-refractivity contribution >= 4 is 24.1 Å². The number of nitrogens with one attached hydrogen (secondary N) is 3. The van der Waals surface area contributed by atoms with Crippen molar-refractivity contribution in [3.05, 3.63) is 0 Å². The van der Waals surface area contributed by atoms with Crippen molar-refractivity contribution in [3.63, 3.8) is 0 Å². The highest BCUT2D eigenvalue weighted by molar-refractivity contribution is 6.01. The van der Waals surface area contributed by atoms with Gasteiger partial charge in [0, 0.05) is 6.92 Å². The number of ether oxygens (including phenoxy) is 2. The van der Waals surface area contributed by atoms with Crippen LogP contribution in [0.1, 0.15) is 101 Å². The number of nitrogens with zero attached hydrogens (tertiary/aromatic N) is 1. The summed E-state index contributed by atoms with van der Waals surface area (Å²) in [5, 5.41) is 8.24. The molecule has 3 N–H and O–H groups in total. The van der Waals surface area contributed by atoms with E-state index in [-0.39, 0.29) is 17.9 Å². The molecule has 1 rings (SSSR count). The van der Waals surface area contributed by atoms with Crippen molar-refractivity contribution in [2.75, 3.05) is 0 Å². The van der Waals surface area contributed by atoms with Crippen LogP contribution in [0.5, 0.6) is 0 Å². The number of rotatable bonds is 7. The zero-order valence-electron chi connectivity index (χ0n) is 21.9. The fraction of sp³-hybridized carbons (Fsp3) is 0.833. The molecule has 0 aromatic carbocycles. The molecular weight excluding hydrogens is 424 g/mol. The highest BCUT2D eigenvalue weighted by Gasteiger charge is 2.45. The quantitative estimate of drug-likeness (QED) is 0.371. The maximum atomic E-state index is 12.5. The van der Waals surface area contributed by atoms with Gasteiger partial charge in [-0.2, -0.15) is 0 Å². The van der Waals surface area contributed by atoms with Crippen molar-refractivity contribution in [1.82, 2.24) is 16.0 Å². The summed E-state index contributed by atoms with van der Waals surface area (Å²) in [5.74, 6) is 0.210. The Labute approximate surface area is 198 Å². The molecule has 1 aliphatic rings. The van der Waals surface area contributed by atoms with Gasteiger partial charge in [0.15, 0.2) is 0 Å². The Morgan fingerprint density at radius 3 is 1.67 bits per heavy atom. The standard InChI is InChI=1S/C24H44N4O5/c1-10-17(11-2)15-18(24(13-12-14-24)28-16(3)29)25-19(26-20(30)32-22(4,5)6)27-21(31)33-23(7,8)9/h17-18H,10-15H2,1-9H3,(H,28,29)(H2,25,26,27,30,31). The lowest BCUT2D eigenvalue weighted by atomic mass is 9.69. The number of hydrogen-bond donors (Lipinski definition) is 3. The van der Waals surface area contributed by atoms with Gasteiger partial charge in [0.2, 0.25) is 11.9 Å². The van der Waals surface area contributed by atoms with Crippen molar-refractivity contribution in [2.45, 2.75) is 124 Å². The van der Waals surface area contributed by atoms with E-state index in [1.165, 1.54) is 6.92 Å². The molecule has 1 saturated carbocycles. The smallest absolute Gasteiger partial charge is 0.414 e. The summed E-state index contributed by atoms with van der Waals surface area (Å²) < 4.78 is 10.7. The van der Waals surface area contributed by atoms with Gasteiger partial charge in [0.25, 0.3) is 0 Å². The van der Waals surface area contributed by atoms with Crippen LogP contribution in [0.25, 0.3) is 0 Å². The monoisotopic (exact) mass is 468 g/mol. The van der Waals surface area contributed by atoms with Gasteiger partial charge in [-0.05, 0) is 73.1 Å². The van der Waals surface area contributed by atoms with Crippen LogP contribution >= 0.6 is 0 Å². The fourth-order valence-corrected chi connectivity index (χ4v) is 3.84. The van der Waals surface area contributed by atoms with E-state index < -0.39 is 28.9 Å². The van der Waals surface area contributed by atoms with E-state index >= 15 is 0 Å². The second kappa shape index (κ2) is 11.7. The molecule has 1 fully saturated rings. The molecule has 9 heteroatoms. The number of amides is 3. The molecule has 3 amide bonds. The van der Waals surface area contributed by atoms with Crippen molar-refractivity contribution < 1.29 is 23.9 Å². The first-order chi connectivity index (χ1) is 15.1. The van der Waals surface area contributed by atoms with E-state index in [1.54, 1.807) is 41.5 Å². The summed E-state index contributed by atoms with van der Waals surface area (Å²) in [4.78, 5) is 41.7. The zero-order valence-corrected chi connectivity index (χ0v) is 21.9. The van der Waals surface area contributed by atoms with Gasteiger partial charge in [-0.3, -0.25) is 15.4 Å². The average molecular weight is 469 g/mol. The van der Waals surface area contributed by atoms with Crippen LogP contribution in [0.15, 0.2) is 4.99 Å². The van der Waals surface area contributed by atoms with Gasteiger partial charge in [-0.1, -0.05) is 26.7 Å². The lowest BCUT2D eigenvalue weighted by Gasteiger charge is -2.47. The Morgan fingerprint density at radius 1 is 0.909 bits per heavy atom. The van der Waals surface area contributed by atoms with E-state index in [0.29, 0.717) is 12.3 Å². The van der Waals surface area contributed by atoms with Gasteiger partial charge in [-0.15, -0.1) is 0 Å². The van der Waals surface area contributed by atoms with E-state index in [4.69, 9.17) is 14.5 Å². The number of hydrogen-bond acceptors (Lipinski definition) is 6. The number of carbonyl (C=O) groups is 3. The maximum absolute atomic E-state index is 12.5. The topological polar surface area (TPSA) is 118 Å². The Morgan fingerprint density at radius 2 is 1.36 bits per heavy atom. The molecular formula is C24H44N4O5. The van der Waals surface area contributed by atoms with Gasteiger partial charge >= 0.3 is 12.2 Å². The first-order valence-corrected chi connectivity index (χ1v) is 12.0.